The van der Waals surface area contributed by atoms with Crippen molar-refractivity contribution in [1.29, 1.82) is 0 Å². The Hall–Kier alpha value is -2.38. The van der Waals surface area contributed by atoms with Gasteiger partial charge in [0.25, 0.3) is 0 Å². The minimum Gasteiger partial charge on any atom is -0.373 e. The van der Waals surface area contributed by atoms with Crippen LogP contribution in [0.4, 0.5) is 13.2 Å². The summed E-state index contributed by atoms with van der Waals surface area (Å²) in [4.78, 5) is 11.8. The summed E-state index contributed by atoms with van der Waals surface area (Å²) in [5, 5.41) is 3.03. The number of aryl methyl sites for hydroxylation is 1. The van der Waals surface area contributed by atoms with Crippen LogP contribution in [0.25, 0.3) is 0 Å². The van der Waals surface area contributed by atoms with Crippen LogP contribution in [0.1, 0.15) is 66.9 Å². The zero-order chi connectivity index (χ0) is 23.4. The van der Waals surface area contributed by atoms with Gasteiger partial charge in [-0.3, -0.25) is 4.79 Å². The lowest BCUT2D eigenvalue weighted by atomic mass is 9.85. The lowest BCUT2D eigenvalue weighted by Gasteiger charge is -2.30. The molecule has 32 heavy (non-hydrogen) atoms. The number of hydrogen-bond acceptors (Lipinski definition) is 3. The monoisotopic (exact) mass is 448 g/mol. The smallest absolute Gasteiger partial charge is 0.373 e. The zero-order valence-electron chi connectivity index (χ0n) is 18.5. The molecule has 1 heterocycles. The van der Waals surface area contributed by atoms with Gasteiger partial charge in [-0.15, -0.1) is 0 Å². The second-order valence-corrected chi connectivity index (χ2v) is 8.78. The maximum atomic E-state index is 13.2. The van der Waals surface area contributed by atoms with Crippen molar-refractivity contribution in [3.05, 3.63) is 70.8 Å². The van der Waals surface area contributed by atoms with Crippen molar-refractivity contribution < 1.29 is 22.7 Å². The van der Waals surface area contributed by atoms with E-state index in [-0.39, 0.29) is 11.8 Å². The maximum absolute atomic E-state index is 13.2. The van der Waals surface area contributed by atoms with E-state index in [1.54, 1.807) is 19.9 Å². The fourth-order valence-electron chi connectivity index (χ4n) is 4.31. The van der Waals surface area contributed by atoms with Crippen molar-refractivity contribution in [3.63, 3.8) is 0 Å². The van der Waals surface area contributed by atoms with Gasteiger partial charge in [0.05, 0.1) is 23.8 Å². The first kappa shape index (κ1) is 24.3. The van der Waals surface area contributed by atoms with Crippen LogP contribution in [0.15, 0.2) is 48.5 Å². The Morgan fingerprint density at radius 3 is 2.47 bits per heavy atom. The van der Waals surface area contributed by atoms with Crippen LogP contribution in [-0.4, -0.2) is 24.6 Å². The van der Waals surface area contributed by atoms with E-state index in [0.717, 1.165) is 30.5 Å². The molecule has 1 saturated heterocycles. The summed E-state index contributed by atoms with van der Waals surface area (Å²) < 4.78 is 45.7. The lowest BCUT2D eigenvalue weighted by Crippen LogP contribution is -2.48. The average Bonchev–Trinajstić information content (AvgIpc) is 3.14. The van der Waals surface area contributed by atoms with E-state index in [1.807, 2.05) is 30.3 Å². The van der Waals surface area contributed by atoms with E-state index in [2.05, 4.69) is 5.32 Å². The Balaban J connectivity index is 1.72. The van der Waals surface area contributed by atoms with Crippen molar-refractivity contribution in [3.8, 4) is 0 Å². The van der Waals surface area contributed by atoms with Crippen molar-refractivity contribution in [1.82, 2.24) is 5.32 Å². The van der Waals surface area contributed by atoms with Gasteiger partial charge in [-0.1, -0.05) is 42.0 Å². The van der Waals surface area contributed by atoms with Gasteiger partial charge in [-0.05, 0) is 56.4 Å². The van der Waals surface area contributed by atoms with Crippen molar-refractivity contribution >= 4 is 5.91 Å². The highest BCUT2D eigenvalue weighted by Crippen LogP contribution is 2.34. The molecule has 1 aliphatic heterocycles. The molecule has 0 saturated carbocycles. The van der Waals surface area contributed by atoms with Crippen LogP contribution < -0.4 is 11.1 Å². The van der Waals surface area contributed by atoms with Gasteiger partial charge < -0.3 is 15.8 Å². The topological polar surface area (TPSA) is 64.3 Å². The van der Waals surface area contributed by atoms with Crippen LogP contribution in [0.5, 0.6) is 0 Å². The first-order chi connectivity index (χ1) is 15.1. The Kier molecular flexibility index (Phi) is 7.62. The molecule has 1 aliphatic rings. The van der Waals surface area contributed by atoms with Gasteiger partial charge in [0.15, 0.2) is 0 Å². The fourth-order valence-corrected chi connectivity index (χ4v) is 4.31. The third-order valence-corrected chi connectivity index (χ3v) is 6.31. The molecule has 0 aromatic heterocycles. The largest absolute Gasteiger partial charge is 0.416 e. The van der Waals surface area contributed by atoms with Gasteiger partial charge in [-0.2, -0.15) is 13.2 Å². The summed E-state index contributed by atoms with van der Waals surface area (Å²) in [7, 11) is 0. The molecule has 1 fully saturated rings. The second kappa shape index (κ2) is 10.0. The summed E-state index contributed by atoms with van der Waals surface area (Å²) in [6.45, 7) is 4.16. The van der Waals surface area contributed by atoms with E-state index < -0.39 is 23.4 Å². The van der Waals surface area contributed by atoms with E-state index in [1.165, 1.54) is 0 Å². The summed E-state index contributed by atoms with van der Waals surface area (Å²) in [6, 6.07) is 13.9. The molecule has 3 atom stereocenters. The minimum atomic E-state index is -4.39. The molecule has 2 aromatic rings. The van der Waals surface area contributed by atoms with E-state index in [9.17, 15) is 18.0 Å². The predicted molar refractivity (Wildman–Crippen MR) is 118 cm³/mol. The minimum absolute atomic E-state index is 0.0245. The number of nitrogens with one attached hydrogen (secondary N) is 1. The summed E-state index contributed by atoms with van der Waals surface area (Å²) in [6.07, 6.45) is -2.22. The average molecular weight is 449 g/mol. The number of ether oxygens (including phenoxy) is 1. The molecule has 3 N–H and O–H groups in total. The zero-order valence-corrected chi connectivity index (χ0v) is 18.5. The van der Waals surface area contributed by atoms with Crippen LogP contribution >= 0.6 is 0 Å². The number of hydrogen-bond donors (Lipinski definition) is 2. The third-order valence-electron chi connectivity index (χ3n) is 6.31. The van der Waals surface area contributed by atoms with Crippen LogP contribution in [0.3, 0.4) is 0 Å². The normalized spacial score (nSPS) is 20.8. The molecule has 3 rings (SSSR count). The molecule has 0 spiro atoms. The number of nitrogens with two attached hydrogens (primary N) is 1. The number of carbonyl (C=O) groups excluding carboxylic acids is 1. The molecule has 0 aliphatic carbocycles. The molecule has 0 bridgehead atoms. The third kappa shape index (κ3) is 6.11. The molecule has 1 amide bonds. The van der Waals surface area contributed by atoms with Gasteiger partial charge in [0, 0.05) is 18.9 Å². The number of benzene rings is 2. The number of alkyl halides is 3. The Labute approximate surface area is 187 Å². The predicted octanol–water partition coefficient (Wildman–Crippen LogP) is 5.26. The highest BCUT2D eigenvalue weighted by Gasteiger charge is 2.37. The SMILES string of the molecule is Cc1cc([C@@H](C)OC[C@H](CC[C@@]2(CN)CCC(=O)N2)c2ccccc2)cc(C(F)(F)F)c1. The van der Waals surface area contributed by atoms with Gasteiger partial charge in [-0.25, -0.2) is 0 Å². The van der Waals surface area contributed by atoms with Gasteiger partial charge in [0.1, 0.15) is 0 Å². The molecular weight excluding hydrogens is 417 g/mol. The van der Waals surface area contributed by atoms with Gasteiger partial charge in [0.2, 0.25) is 5.91 Å². The lowest BCUT2D eigenvalue weighted by molar-refractivity contribution is -0.137. The van der Waals surface area contributed by atoms with E-state index in [4.69, 9.17) is 10.5 Å². The molecule has 174 valence electrons. The van der Waals surface area contributed by atoms with Crippen LogP contribution in [-0.2, 0) is 15.7 Å². The first-order valence-corrected chi connectivity index (χ1v) is 11.0. The van der Waals surface area contributed by atoms with E-state index in [0.29, 0.717) is 37.1 Å². The number of amides is 1. The van der Waals surface area contributed by atoms with Crippen LogP contribution in [0, 0.1) is 6.92 Å². The van der Waals surface area contributed by atoms with Crippen LogP contribution in [0.2, 0.25) is 0 Å². The summed E-state index contributed by atoms with van der Waals surface area (Å²) >= 11 is 0. The van der Waals surface area contributed by atoms with Crippen molar-refractivity contribution in [2.45, 2.75) is 63.3 Å². The van der Waals surface area contributed by atoms with Crippen molar-refractivity contribution in [2.24, 2.45) is 5.73 Å². The highest BCUT2D eigenvalue weighted by molar-refractivity contribution is 5.79. The molecular formula is C25H31F3N2O2. The number of carbonyl (C=O) groups is 1. The number of halogens is 3. The second-order valence-electron chi connectivity index (χ2n) is 8.78. The molecule has 0 radical (unpaired) electrons. The summed E-state index contributed by atoms with van der Waals surface area (Å²) in [5.41, 5.74) is 7.07. The summed E-state index contributed by atoms with van der Waals surface area (Å²) in [5.74, 6) is 0.0583. The maximum Gasteiger partial charge on any atom is 0.416 e. The molecule has 0 unspecified atom stereocenters. The Morgan fingerprint density at radius 2 is 1.88 bits per heavy atom. The quantitative estimate of drug-likeness (QED) is 0.550. The Bertz CT molecular complexity index is 917. The van der Waals surface area contributed by atoms with Gasteiger partial charge >= 0.3 is 6.18 Å². The number of rotatable bonds is 9. The van der Waals surface area contributed by atoms with E-state index >= 15 is 0 Å². The Morgan fingerprint density at radius 1 is 1.16 bits per heavy atom. The standard InChI is InChI=1S/C25H31F3N2O2/c1-17-12-21(14-22(13-17)25(26,27)28)18(2)32-15-20(19-6-4-3-5-7-19)8-10-24(16-29)11-9-23(31)30-24/h3-7,12-14,18,20H,8-11,15-16,29H2,1-2H3,(H,30,31)/t18-,20+,24+/m1/s1. The molecule has 4 nitrogen and oxygen atoms in total. The fraction of sp³-hybridized carbons (Fsp3) is 0.480. The molecule has 2 aromatic carbocycles. The first-order valence-electron chi connectivity index (χ1n) is 11.0. The van der Waals surface area contributed by atoms with Crippen molar-refractivity contribution in [2.75, 3.05) is 13.2 Å². The molecule has 7 heteroatoms. The highest BCUT2D eigenvalue weighted by atomic mass is 19.4.